The number of benzene rings is 2. The molecule has 1 heterocycles. The predicted molar refractivity (Wildman–Crippen MR) is 133 cm³/mol. The number of rotatable bonds is 8. The third-order valence-corrected chi connectivity index (χ3v) is 5.69. The molecule has 0 unspecified atom stereocenters. The van der Waals surface area contributed by atoms with Crippen molar-refractivity contribution in [1.82, 2.24) is 10.2 Å². The van der Waals surface area contributed by atoms with Gasteiger partial charge in [-0.25, -0.2) is 0 Å². The highest BCUT2D eigenvalue weighted by Crippen LogP contribution is 2.20. The van der Waals surface area contributed by atoms with E-state index in [9.17, 15) is 9.59 Å². The Bertz CT molecular complexity index is 974. The number of ether oxygens (including phenoxy) is 2. The molecule has 0 radical (unpaired) electrons. The first-order valence-electron chi connectivity index (χ1n) is 11.3. The second-order valence-corrected chi connectivity index (χ2v) is 8.41. The predicted octanol–water partition coefficient (Wildman–Crippen LogP) is 4.10. The minimum absolute atomic E-state index is 0.0126. The Morgan fingerprint density at radius 3 is 2.61 bits per heavy atom. The first-order valence-corrected chi connectivity index (χ1v) is 11.7. The van der Waals surface area contributed by atoms with Crippen LogP contribution in [0.4, 0.5) is 5.69 Å². The Labute approximate surface area is 200 Å². The number of nitrogens with one attached hydrogen (secondary N) is 2. The van der Waals surface area contributed by atoms with Crippen LogP contribution in [0.25, 0.3) is 0 Å². The zero-order valence-corrected chi connectivity index (χ0v) is 20.0. The lowest BCUT2D eigenvalue weighted by atomic mass is 9.98. The van der Waals surface area contributed by atoms with Gasteiger partial charge in [0.1, 0.15) is 12.4 Å². The maximum atomic E-state index is 12.8. The quantitative estimate of drug-likeness (QED) is 0.448. The van der Waals surface area contributed by atoms with Crippen molar-refractivity contribution in [2.45, 2.75) is 26.7 Å². The van der Waals surface area contributed by atoms with Gasteiger partial charge in [0, 0.05) is 30.9 Å². The van der Waals surface area contributed by atoms with Crippen molar-refractivity contribution in [2.75, 3.05) is 38.2 Å². The summed E-state index contributed by atoms with van der Waals surface area (Å²) in [5, 5.41) is 5.81. The Morgan fingerprint density at radius 2 is 1.85 bits per heavy atom. The van der Waals surface area contributed by atoms with Crippen molar-refractivity contribution in [1.29, 1.82) is 0 Å². The van der Waals surface area contributed by atoms with E-state index in [4.69, 9.17) is 21.7 Å². The average molecular weight is 470 g/mol. The van der Waals surface area contributed by atoms with E-state index in [0.717, 1.165) is 25.9 Å². The van der Waals surface area contributed by atoms with Gasteiger partial charge in [0.25, 0.3) is 11.8 Å². The molecule has 8 heteroatoms. The standard InChI is InChI=1S/C25H31N3O4S/c1-3-31-15-16-32-22-10-5-4-9-21(22)23(29)27-25(33)26-20-8-6-7-19(17-20)24(30)28-13-11-18(2)12-14-28/h4-10,17-18H,3,11-16H2,1-2H3,(H2,26,27,29,33). The van der Waals surface area contributed by atoms with Crippen LogP contribution in [0.2, 0.25) is 0 Å². The van der Waals surface area contributed by atoms with Gasteiger partial charge >= 0.3 is 0 Å². The van der Waals surface area contributed by atoms with Crippen LogP contribution >= 0.6 is 12.2 Å². The fraction of sp³-hybridized carbons (Fsp3) is 0.400. The largest absolute Gasteiger partial charge is 0.490 e. The number of para-hydroxylation sites is 1. The second kappa shape index (κ2) is 12.3. The maximum Gasteiger partial charge on any atom is 0.261 e. The van der Waals surface area contributed by atoms with Crippen LogP contribution in [0.15, 0.2) is 48.5 Å². The van der Waals surface area contributed by atoms with Gasteiger partial charge in [-0.1, -0.05) is 25.1 Å². The van der Waals surface area contributed by atoms with Crippen molar-refractivity contribution >= 4 is 34.8 Å². The van der Waals surface area contributed by atoms with Crippen LogP contribution in [0.1, 0.15) is 47.4 Å². The summed E-state index contributed by atoms with van der Waals surface area (Å²) in [5.41, 5.74) is 1.61. The zero-order valence-electron chi connectivity index (χ0n) is 19.1. The van der Waals surface area contributed by atoms with Crippen molar-refractivity contribution in [3.63, 3.8) is 0 Å². The summed E-state index contributed by atoms with van der Waals surface area (Å²) in [6.07, 6.45) is 2.05. The number of amides is 2. The number of hydrogen-bond donors (Lipinski definition) is 2. The van der Waals surface area contributed by atoms with E-state index in [1.807, 2.05) is 11.8 Å². The lowest BCUT2D eigenvalue weighted by molar-refractivity contribution is 0.0697. The molecule has 2 aromatic rings. The van der Waals surface area contributed by atoms with E-state index < -0.39 is 0 Å². The molecule has 3 rings (SSSR count). The van der Waals surface area contributed by atoms with Gasteiger partial charge in [0.15, 0.2) is 5.11 Å². The number of likely N-dealkylation sites (tertiary alicyclic amines) is 1. The molecule has 0 aliphatic carbocycles. The fourth-order valence-electron chi connectivity index (χ4n) is 3.59. The number of carbonyl (C=O) groups is 2. The molecule has 176 valence electrons. The van der Waals surface area contributed by atoms with E-state index in [1.165, 1.54) is 0 Å². The van der Waals surface area contributed by atoms with Crippen LogP contribution in [0.3, 0.4) is 0 Å². The van der Waals surface area contributed by atoms with Crippen LogP contribution in [-0.4, -0.2) is 54.7 Å². The topological polar surface area (TPSA) is 79.9 Å². The van der Waals surface area contributed by atoms with Crippen LogP contribution in [-0.2, 0) is 4.74 Å². The third-order valence-electron chi connectivity index (χ3n) is 5.49. The van der Waals surface area contributed by atoms with Crippen molar-refractivity contribution < 1.29 is 19.1 Å². The monoisotopic (exact) mass is 469 g/mol. The molecule has 0 bridgehead atoms. The highest BCUT2D eigenvalue weighted by molar-refractivity contribution is 7.80. The molecule has 2 amide bonds. The minimum atomic E-state index is -0.380. The SMILES string of the molecule is CCOCCOc1ccccc1C(=O)NC(=S)Nc1cccc(C(=O)N2CCC(C)CC2)c1. The van der Waals surface area contributed by atoms with Crippen LogP contribution in [0, 0.1) is 5.92 Å². The molecule has 1 aliphatic heterocycles. The van der Waals surface area contributed by atoms with Gasteiger partial charge in [0.05, 0.1) is 12.2 Å². The molecular weight excluding hydrogens is 438 g/mol. The molecule has 0 aromatic heterocycles. The Morgan fingerprint density at radius 1 is 1.09 bits per heavy atom. The molecule has 33 heavy (non-hydrogen) atoms. The van der Waals surface area contributed by atoms with Gasteiger partial charge in [0.2, 0.25) is 0 Å². The van der Waals surface area contributed by atoms with Crippen LogP contribution in [0.5, 0.6) is 5.75 Å². The summed E-state index contributed by atoms with van der Waals surface area (Å²) >= 11 is 5.33. The van der Waals surface area contributed by atoms with Gasteiger partial charge in [-0.15, -0.1) is 0 Å². The van der Waals surface area contributed by atoms with Gasteiger partial charge < -0.3 is 19.7 Å². The summed E-state index contributed by atoms with van der Waals surface area (Å²) in [6.45, 7) is 7.07. The lowest BCUT2D eigenvalue weighted by Crippen LogP contribution is -2.38. The molecular formula is C25H31N3O4S. The van der Waals surface area contributed by atoms with Crippen molar-refractivity contribution in [3.8, 4) is 5.75 Å². The van der Waals surface area contributed by atoms with Gasteiger partial charge in [-0.3, -0.25) is 14.9 Å². The number of thiocarbonyl (C=S) groups is 1. The Kier molecular flexibility index (Phi) is 9.21. The number of piperidine rings is 1. The third kappa shape index (κ3) is 7.27. The summed E-state index contributed by atoms with van der Waals surface area (Å²) in [6, 6.07) is 14.1. The van der Waals surface area contributed by atoms with E-state index in [2.05, 4.69) is 17.6 Å². The van der Waals surface area contributed by atoms with E-state index >= 15 is 0 Å². The molecule has 0 atom stereocenters. The van der Waals surface area contributed by atoms with Gasteiger partial charge in [-0.2, -0.15) is 0 Å². The highest BCUT2D eigenvalue weighted by atomic mass is 32.1. The first kappa shape index (κ1) is 24.7. The molecule has 1 fully saturated rings. The van der Waals surface area contributed by atoms with E-state index in [0.29, 0.717) is 48.3 Å². The summed E-state index contributed by atoms with van der Waals surface area (Å²) in [7, 11) is 0. The number of hydrogen-bond acceptors (Lipinski definition) is 5. The smallest absolute Gasteiger partial charge is 0.261 e. The normalized spacial score (nSPS) is 13.9. The fourth-order valence-corrected chi connectivity index (χ4v) is 3.80. The minimum Gasteiger partial charge on any atom is -0.490 e. The Hall–Kier alpha value is -2.97. The molecule has 1 aliphatic rings. The lowest BCUT2D eigenvalue weighted by Gasteiger charge is -2.30. The van der Waals surface area contributed by atoms with Crippen molar-refractivity contribution in [2.24, 2.45) is 5.92 Å². The molecule has 2 aromatic carbocycles. The van der Waals surface area contributed by atoms with E-state index in [1.54, 1.807) is 48.5 Å². The Balaban J connectivity index is 1.58. The average Bonchev–Trinajstić information content (AvgIpc) is 2.82. The molecule has 1 saturated heterocycles. The first-order chi connectivity index (χ1) is 16.0. The number of anilines is 1. The van der Waals surface area contributed by atoms with E-state index in [-0.39, 0.29) is 16.9 Å². The molecule has 7 nitrogen and oxygen atoms in total. The van der Waals surface area contributed by atoms with Crippen molar-refractivity contribution in [3.05, 3.63) is 59.7 Å². The second-order valence-electron chi connectivity index (χ2n) is 8.01. The summed E-state index contributed by atoms with van der Waals surface area (Å²) in [5.74, 6) is 0.747. The summed E-state index contributed by atoms with van der Waals surface area (Å²) < 4.78 is 10.9. The maximum absolute atomic E-state index is 12.8. The molecule has 0 saturated carbocycles. The zero-order chi connectivity index (χ0) is 23.6. The molecule has 0 spiro atoms. The molecule has 2 N–H and O–H groups in total. The highest BCUT2D eigenvalue weighted by Gasteiger charge is 2.21. The van der Waals surface area contributed by atoms with Gasteiger partial charge in [-0.05, 0) is 68.2 Å². The number of nitrogens with zero attached hydrogens (tertiary/aromatic N) is 1. The summed E-state index contributed by atoms with van der Waals surface area (Å²) in [4.78, 5) is 27.5. The van der Waals surface area contributed by atoms with Crippen LogP contribution < -0.4 is 15.4 Å². The number of carbonyl (C=O) groups excluding carboxylic acids is 2.